The number of hydrogen-bond acceptors (Lipinski definition) is 3. The summed E-state index contributed by atoms with van der Waals surface area (Å²) < 4.78 is 6.48. The molecule has 3 unspecified atom stereocenters. The average Bonchev–Trinajstić information content (AvgIpc) is 3.67. The van der Waals surface area contributed by atoms with E-state index in [1.54, 1.807) is 0 Å². The summed E-state index contributed by atoms with van der Waals surface area (Å²) in [6, 6.07) is 39.8. The van der Waals surface area contributed by atoms with Gasteiger partial charge < -0.3 is 4.42 Å². The molecule has 0 saturated carbocycles. The SMILES string of the molecule is C1=CC2=CC(C(c3ccc4c5c(ccc4c3)C=CC3SC(c4ccccc4)=NC53)=C1)c1cc3oc4ccccc4c3c3cccc2c13. The van der Waals surface area contributed by atoms with Crippen LogP contribution in [-0.2, 0) is 0 Å². The Bertz CT molecular complexity index is 2670. The zero-order chi connectivity index (χ0) is 30.6. The Hall–Kier alpha value is -5.38. The van der Waals surface area contributed by atoms with Crippen LogP contribution in [0.1, 0.15) is 45.3 Å². The largest absolute Gasteiger partial charge is 0.456 e. The van der Waals surface area contributed by atoms with Gasteiger partial charge in [0, 0.05) is 22.3 Å². The lowest BCUT2D eigenvalue weighted by Crippen LogP contribution is -2.12. The third-order valence-electron chi connectivity index (χ3n) is 10.4. The molecule has 0 radical (unpaired) electrons. The molecule has 3 aliphatic carbocycles. The Balaban J connectivity index is 1.07. The predicted molar refractivity (Wildman–Crippen MR) is 199 cm³/mol. The summed E-state index contributed by atoms with van der Waals surface area (Å²) >= 11 is 1.88. The molecule has 1 aliphatic heterocycles. The number of nitrogens with zero attached hydrogens (tertiary/aromatic N) is 1. The highest BCUT2D eigenvalue weighted by Gasteiger charge is 2.35. The van der Waals surface area contributed by atoms with E-state index in [9.17, 15) is 0 Å². The van der Waals surface area contributed by atoms with Crippen LogP contribution in [0.15, 0.2) is 149 Å². The van der Waals surface area contributed by atoms with Gasteiger partial charge in [-0.3, -0.25) is 4.99 Å². The van der Waals surface area contributed by atoms with Gasteiger partial charge in [-0.1, -0.05) is 139 Å². The highest BCUT2D eigenvalue weighted by molar-refractivity contribution is 8.15. The van der Waals surface area contributed by atoms with Crippen molar-refractivity contribution in [3.63, 3.8) is 0 Å². The fraction of sp³-hybridized carbons (Fsp3) is 0.0682. The lowest BCUT2D eigenvalue weighted by Gasteiger charge is -2.26. The van der Waals surface area contributed by atoms with Gasteiger partial charge in [-0.15, -0.1) is 0 Å². The van der Waals surface area contributed by atoms with Crippen LogP contribution in [0.25, 0.3) is 60.7 Å². The van der Waals surface area contributed by atoms with E-state index in [2.05, 4.69) is 146 Å². The fourth-order valence-electron chi connectivity index (χ4n) is 8.36. The van der Waals surface area contributed by atoms with Crippen LogP contribution in [0.4, 0.5) is 0 Å². The number of rotatable bonds is 2. The fourth-order valence-corrected chi connectivity index (χ4v) is 9.54. The van der Waals surface area contributed by atoms with Crippen molar-refractivity contribution in [1.82, 2.24) is 0 Å². The Labute approximate surface area is 276 Å². The predicted octanol–water partition coefficient (Wildman–Crippen LogP) is 11.7. The van der Waals surface area contributed by atoms with Gasteiger partial charge in [-0.2, -0.15) is 0 Å². The maximum atomic E-state index is 6.48. The number of aliphatic imine (C=N–C) groups is 1. The van der Waals surface area contributed by atoms with E-state index in [0.717, 1.165) is 16.2 Å². The second-order valence-corrected chi connectivity index (χ2v) is 14.1. The van der Waals surface area contributed by atoms with Crippen LogP contribution in [0.5, 0.6) is 0 Å². The molecule has 7 aromatic rings. The number of allylic oxidation sites excluding steroid dienone is 6. The van der Waals surface area contributed by atoms with Crippen LogP contribution >= 0.6 is 11.8 Å². The molecular weight excluding hydrogens is 591 g/mol. The quantitative estimate of drug-likeness (QED) is 0.193. The molecule has 0 N–H and O–H groups in total. The van der Waals surface area contributed by atoms with Crippen molar-refractivity contribution in [1.29, 1.82) is 0 Å². The standard InChI is InChI=1S/C44H27NOS/c1-2-8-26(9-3-1)44-45-43-39(47-44)21-19-25-16-17-29-22-28(18-20-32(29)40(25)43)30-12-6-10-27-23-35(30)36-24-38-42(33-11-4-5-15-37(33)46-38)34-14-7-13-31(27)41(34)36/h1-24,35,39,43H. The molecule has 0 amide bonds. The smallest absolute Gasteiger partial charge is 0.136 e. The lowest BCUT2D eigenvalue weighted by atomic mass is 9.77. The molecule has 1 aromatic heterocycles. The highest BCUT2D eigenvalue weighted by atomic mass is 32.2. The summed E-state index contributed by atoms with van der Waals surface area (Å²) in [5.74, 6) is 0.113. The summed E-state index contributed by atoms with van der Waals surface area (Å²) in [5, 5.41) is 9.00. The lowest BCUT2D eigenvalue weighted by molar-refractivity contribution is 0.668. The van der Waals surface area contributed by atoms with E-state index in [0.29, 0.717) is 5.25 Å². The Morgan fingerprint density at radius 3 is 2.53 bits per heavy atom. The minimum absolute atomic E-state index is 0.113. The maximum Gasteiger partial charge on any atom is 0.136 e. The molecule has 3 atom stereocenters. The Kier molecular flexibility index (Phi) is 5.25. The van der Waals surface area contributed by atoms with E-state index in [4.69, 9.17) is 9.41 Å². The van der Waals surface area contributed by atoms with Crippen molar-refractivity contribution in [2.24, 2.45) is 4.99 Å². The maximum absolute atomic E-state index is 6.48. The van der Waals surface area contributed by atoms with Gasteiger partial charge in [-0.25, -0.2) is 0 Å². The van der Waals surface area contributed by atoms with Crippen molar-refractivity contribution < 1.29 is 4.42 Å². The van der Waals surface area contributed by atoms with E-state index in [1.807, 2.05) is 11.8 Å². The molecule has 0 spiro atoms. The van der Waals surface area contributed by atoms with Gasteiger partial charge in [0.05, 0.1) is 16.3 Å². The summed E-state index contributed by atoms with van der Waals surface area (Å²) in [5.41, 5.74) is 12.2. The van der Waals surface area contributed by atoms with Gasteiger partial charge in [0.2, 0.25) is 0 Å². The molecule has 2 nitrogen and oxygen atoms in total. The van der Waals surface area contributed by atoms with Gasteiger partial charge >= 0.3 is 0 Å². The highest BCUT2D eigenvalue weighted by Crippen LogP contribution is 2.51. The van der Waals surface area contributed by atoms with E-state index < -0.39 is 0 Å². The number of fused-ring (bicyclic) bond motifs is 12. The Morgan fingerprint density at radius 2 is 1.57 bits per heavy atom. The first-order valence-corrected chi connectivity index (χ1v) is 17.2. The first kappa shape index (κ1) is 25.8. The third-order valence-corrected chi connectivity index (χ3v) is 11.7. The van der Waals surface area contributed by atoms with Crippen molar-refractivity contribution in [2.45, 2.75) is 17.2 Å². The summed E-state index contributed by atoms with van der Waals surface area (Å²) in [6.07, 6.45) is 13.9. The molecule has 47 heavy (non-hydrogen) atoms. The third kappa shape index (κ3) is 3.66. The molecular formula is C44H27NOS. The van der Waals surface area contributed by atoms with Crippen molar-refractivity contribution >= 4 is 77.5 Å². The summed E-state index contributed by atoms with van der Waals surface area (Å²) in [4.78, 5) is 5.31. The van der Waals surface area contributed by atoms with Crippen LogP contribution in [-0.4, -0.2) is 10.3 Å². The molecule has 11 rings (SSSR count). The molecule has 4 aliphatic rings. The van der Waals surface area contributed by atoms with E-state index in [1.165, 1.54) is 76.8 Å². The number of furan rings is 1. The Morgan fingerprint density at radius 1 is 0.681 bits per heavy atom. The second-order valence-electron chi connectivity index (χ2n) is 12.9. The minimum atomic E-state index is 0.113. The molecule has 6 aromatic carbocycles. The zero-order valence-corrected chi connectivity index (χ0v) is 26.2. The summed E-state index contributed by atoms with van der Waals surface area (Å²) in [7, 11) is 0. The molecule has 2 heterocycles. The van der Waals surface area contributed by atoms with Crippen molar-refractivity contribution in [3.8, 4) is 0 Å². The molecule has 2 bridgehead atoms. The van der Waals surface area contributed by atoms with Crippen LogP contribution in [0, 0.1) is 0 Å². The van der Waals surface area contributed by atoms with Crippen LogP contribution in [0.3, 0.4) is 0 Å². The van der Waals surface area contributed by atoms with Gasteiger partial charge in [0.1, 0.15) is 11.2 Å². The minimum Gasteiger partial charge on any atom is -0.456 e. The van der Waals surface area contributed by atoms with Crippen molar-refractivity contribution in [2.75, 3.05) is 0 Å². The van der Waals surface area contributed by atoms with Gasteiger partial charge in [0.25, 0.3) is 0 Å². The van der Waals surface area contributed by atoms with Gasteiger partial charge in [0.15, 0.2) is 0 Å². The molecule has 3 heteroatoms. The number of thioether (sulfide) groups is 1. The first-order valence-electron chi connectivity index (χ1n) is 16.3. The van der Waals surface area contributed by atoms with E-state index in [-0.39, 0.29) is 12.0 Å². The van der Waals surface area contributed by atoms with Crippen molar-refractivity contribution in [3.05, 3.63) is 173 Å². The van der Waals surface area contributed by atoms with Crippen LogP contribution < -0.4 is 0 Å². The second kappa shape index (κ2) is 9.57. The molecule has 220 valence electrons. The first-order chi connectivity index (χ1) is 23.3. The molecule has 0 fully saturated rings. The monoisotopic (exact) mass is 617 g/mol. The topological polar surface area (TPSA) is 25.5 Å². The van der Waals surface area contributed by atoms with E-state index >= 15 is 0 Å². The van der Waals surface area contributed by atoms with Crippen LogP contribution in [0.2, 0.25) is 0 Å². The molecule has 0 saturated heterocycles. The number of hydrogen-bond donors (Lipinski definition) is 0. The number of para-hydroxylation sites is 1. The average molecular weight is 618 g/mol. The summed E-state index contributed by atoms with van der Waals surface area (Å²) in [6.45, 7) is 0. The normalized spacial score (nSPS) is 20.7. The van der Waals surface area contributed by atoms with Gasteiger partial charge in [-0.05, 0) is 78.7 Å². The zero-order valence-electron chi connectivity index (χ0n) is 25.4. The number of benzene rings is 6.